The van der Waals surface area contributed by atoms with Crippen LogP contribution >= 0.6 is 11.6 Å². The fourth-order valence-electron chi connectivity index (χ4n) is 2.12. The van der Waals surface area contributed by atoms with Crippen LogP contribution in [0.5, 0.6) is 0 Å². The molecule has 1 N–H and O–H groups in total. The van der Waals surface area contributed by atoms with Crippen LogP contribution in [0, 0.1) is 6.92 Å². The van der Waals surface area contributed by atoms with Crippen LogP contribution in [0.4, 0.5) is 5.82 Å². The van der Waals surface area contributed by atoms with Gasteiger partial charge in [-0.1, -0.05) is 49.7 Å². The smallest absolute Gasteiger partial charge is 0.137 e. The Kier molecular flexibility index (Phi) is 5.57. The standard InChI is InChI=1S/C17H22ClN3/c1-4-6-15-20-16(18)12(3)17(21-15)19-11-14-9-7-13(5-2)8-10-14/h7-10H,4-6,11H2,1-3H3,(H,19,20,21). The molecule has 0 bridgehead atoms. The lowest BCUT2D eigenvalue weighted by Gasteiger charge is -2.11. The van der Waals surface area contributed by atoms with Gasteiger partial charge in [-0.3, -0.25) is 0 Å². The Balaban J connectivity index is 2.11. The third kappa shape index (κ3) is 4.18. The first kappa shape index (κ1) is 15.8. The lowest BCUT2D eigenvalue weighted by molar-refractivity contribution is 0.830. The summed E-state index contributed by atoms with van der Waals surface area (Å²) >= 11 is 6.18. The van der Waals surface area contributed by atoms with Gasteiger partial charge in [0.15, 0.2) is 0 Å². The van der Waals surface area contributed by atoms with Crippen molar-refractivity contribution in [2.75, 3.05) is 5.32 Å². The summed E-state index contributed by atoms with van der Waals surface area (Å²) in [5.74, 6) is 1.63. The van der Waals surface area contributed by atoms with Gasteiger partial charge < -0.3 is 5.32 Å². The van der Waals surface area contributed by atoms with Crippen molar-refractivity contribution < 1.29 is 0 Å². The van der Waals surface area contributed by atoms with Crippen LogP contribution in [0.1, 0.15) is 42.8 Å². The Bertz CT molecular complexity index is 594. The molecule has 3 nitrogen and oxygen atoms in total. The van der Waals surface area contributed by atoms with Gasteiger partial charge in [0.25, 0.3) is 0 Å². The monoisotopic (exact) mass is 303 g/mol. The lowest BCUT2D eigenvalue weighted by Crippen LogP contribution is -2.07. The molecule has 0 spiro atoms. The molecule has 0 unspecified atom stereocenters. The number of anilines is 1. The summed E-state index contributed by atoms with van der Waals surface area (Å²) in [6.45, 7) is 6.96. The number of benzene rings is 1. The summed E-state index contributed by atoms with van der Waals surface area (Å²) in [4.78, 5) is 8.88. The molecule has 112 valence electrons. The zero-order chi connectivity index (χ0) is 15.2. The molecule has 0 atom stereocenters. The first-order valence-electron chi connectivity index (χ1n) is 7.48. The normalized spacial score (nSPS) is 10.7. The van der Waals surface area contributed by atoms with E-state index < -0.39 is 0 Å². The lowest BCUT2D eigenvalue weighted by atomic mass is 10.1. The number of aromatic nitrogens is 2. The zero-order valence-electron chi connectivity index (χ0n) is 12.9. The van der Waals surface area contributed by atoms with E-state index in [0.29, 0.717) is 5.15 Å². The van der Waals surface area contributed by atoms with Crippen LogP contribution in [0.3, 0.4) is 0 Å². The molecule has 4 heteroatoms. The topological polar surface area (TPSA) is 37.8 Å². The molecule has 0 saturated heterocycles. The second-order valence-corrected chi connectivity index (χ2v) is 5.54. The predicted molar refractivity (Wildman–Crippen MR) is 88.9 cm³/mol. The number of hydrogen-bond acceptors (Lipinski definition) is 3. The van der Waals surface area contributed by atoms with Crippen molar-refractivity contribution in [2.45, 2.75) is 46.6 Å². The van der Waals surface area contributed by atoms with E-state index in [4.69, 9.17) is 11.6 Å². The summed E-state index contributed by atoms with van der Waals surface area (Å²) in [6.07, 6.45) is 2.92. The highest BCUT2D eigenvalue weighted by molar-refractivity contribution is 6.30. The summed E-state index contributed by atoms with van der Waals surface area (Å²) in [7, 11) is 0. The molecule has 0 saturated carbocycles. The van der Waals surface area contributed by atoms with Gasteiger partial charge in [-0.25, -0.2) is 9.97 Å². The van der Waals surface area contributed by atoms with Crippen molar-refractivity contribution in [3.8, 4) is 0 Å². The van der Waals surface area contributed by atoms with Crippen LogP contribution < -0.4 is 5.32 Å². The molecular formula is C17H22ClN3. The number of aryl methyl sites for hydroxylation is 2. The molecule has 0 fully saturated rings. The summed E-state index contributed by atoms with van der Waals surface area (Å²) < 4.78 is 0. The second-order valence-electron chi connectivity index (χ2n) is 5.18. The predicted octanol–water partition coefficient (Wildman–Crippen LogP) is 4.57. The SMILES string of the molecule is CCCc1nc(Cl)c(C)c(NCc2ccc(CC)cc2)n1. The van der Waals surface area contributed by atoms with Crippen molar-refractivity contribution in [1.29, 1.82) is 0 Å². The molecule has 2 aromatic rings. The molecule has 1 heterocycles. The third-order valence-corrected chi connectivity index (χ3v) is 3.87. The molecule has 0 radical (unpaired) electrons. The minimum Gasteiger partial charge on any atom is -0.366 e. The molecule has 0 aliphatic rings. The number of nitrogens with zero attached hydrogens (tertiary/aromatic N) is 2. The van der Waals surface area contributed by atoms with Crippen LogP contribution in [0.2, 0.25) is 5.15 Å². The number of nitrogens with one attached hydrogen (secondary N) is 1. The molecule has 2 rings (SSSR count). The van der Waals surface area contributed by atoms with Gasteiger partial charge >= 0.3 is 0 Å². The van der Waals surface area contributed by atoms with Crippen LogP contribution in [0.25, 0.3) is 0 Å². The van der Waals surface area contributed by atoms with Gasteiger partial charge in [0, 0.05) is 18.5 Å². The Morgan fingerprint density at radius 2 is 1.71 bits per heavy atom. The maximum absolute atomic E-state index is 6.18. The average Bonchev–Trinajstić information content (AvgIpc) is 2.50. The van der Waals surface area contributed by atoms with Crippen molar-refractivity contribution in [3.63, 3.8) is 0 Å². The van der Waals surface area contributed by atoms with Crippen LogP contribution in [0.15, 0.2) is 24.3 Å². The van der Waals surface area contributed by atoms with Crippen LogP contribution in [-0.2, 0) is 19.4 Å². The van der Waals surface area contributed by atoms with Gasteiger partial charge in [-0.2, -0.15) is 0 Å². The van der Waals surface area contributed by atoms with E-state index in [0.717, 1.165) is 43.0 Å². The largest absolute Gasteiger partial charge is 0.366 e. The Morgan fingerprint density at radius 1 is 1.05 bits per heavy atom. The number of halogens is 1. The highest BCUT2D eigenvalue weighted by Crippen LogP contribution is 2.21. The Hall–Kier alpha value is -1.61. The van der Waals surface area contributed by atoms with Gasteiger partial charge in [-0.05, 0) is 30.9 Å². The molecule has 0 amide bonds. The minimum absolute atomic E-state index is 0.539. The summed E-state index contributed by atoms with van der Waals surface area (Å²) in [5, 5.41) is 3.91. The van der Waals surface area contributed by atoms with Crippen LogP contribution in [-0.4, -0.2) is 9.97 Å². The van der Waals surface area contributed by atoms with E-state index in [9.17, 15) is 0 Å². The van der Waals surface area contributed by atoms with Crippen molar-refractivity contribution in [1.82, 2.24) is 9.97 Å². The molecule has 0 aliphatic heterocycles. The first-order valence-corrected chi connectivity index (χ1v) is 7.86. The maximum atomic E-state index is 6.18. The van der Waals surface area contributed by atoms with Gasteiger partial charge in [0.05, 0.1) is 0 Å². The van der Waals surface area contributed by atoms with Crippen molar-refractivity contribution in [2.24, 2.45) is 0 Å². The average molecular weight is 304 g/mol. The minimum atomic E-state index is 0.539. The molecular weight excluding hydrogens is 282 g/mol. The highest BCUT2D eigenvalue weighted by Gasteiger charge is 2.08. The van der Waals surface area contributed by atoms with Gasteiger partial charge in [0.1, 0.15) is 16.8 Å². The van der Waals surface area contributed by atoms with E-state index in [2.05, 4.69) is 53.4 Å². The zero-order valence-corrected chi connectivity index (χ0v) is 13.7. The van der Waals surface area contributed by atoms with Gasteiger partial charge in [0.2, 0.25) is 0 Å². The van der Waals surface area contributed by atoms with E-state index in [-0.39, 0.29) is 0 Å². The summed E-state index contributed by atoms with van der Waals surface area (Å²) in [6, 6.07) is 8.63. The Labute approximate surface area is 131 Å². The second kappa shape index (κ2) is 7.41. The Morgan fingerprint density at radius 3 is 2.33 bits per heavy atom. The van der Waals surface area contributed by atoms with Gasteiger partial charge in [-0.15, -0.1) is 0 Å². The highest BCUT2D eigenvalue weighted by atomic mass is 35.5. The molecule has 1 aromatic heterocycles. The quantitative estimate of drug-likeness (QED) is 0.795. The van der Waals surface area contributed by atoms with Crippen molar-refractivity contribution in [3.05, 3.63) is 51.9 Å². The van der Waals surface area contributed by atoms with Crippen molar-refractivity contribution >= 4 is 17.4 Å². The van der Waals surface area contributed by atoms with E-state index in [1.165, 1.54) is 11.1 Å². The number of hydrogen-bond donors (Lipinski definition) is 1. The number of rotatable bonds is 6. The molecule has 21 heavy (non-hydrogen) atoms. The molecule has 0 aliphatic carbocycles. The molecule has 1 aromatic carbocycles. The van der Waals surface area contributed by atoms with E-state index >= 15 is 0 Å². The van der Waals surface area contributed by atoms with E-state index in [1.807, 2.05) is 6.92 Å². The fourth-order valence-corrected chi connectivity index (χ4v) is 2.31. The third-order valence-electron chi connectivity index (χ3n) is 3.50. The first-order chi connectivity index (χ1) is 10.1. The maximum Gasteiger partial charge on any atom is 0.137 e. The van der Waals surface area contributed by atoms with E-state index in [1.54, 1.807) is 0 Å². The summed E-state index contributed by atoms with van der Waals surface area (Å²) in [5.41, 5.74) is 3.49. The fraction of sp³-hybridized carbons (Fsp3) is 0.412.